The van der Waals surface area contributed by atoms with Crippen LogP contribution in [-0.2, 0) is 0 Å². The van der Waals surface area contributed by atoms with Crippen molar-refractivity contribution >= 4 is 10.8 Å². The minimum atomic E-state index is 0.878. The second-order valence-electron chi connectivity index (χ2n) is 3.06. The molecule has 0 aliphatic heterocycles. The number of nitrogens with zero attached hydrogens (tertiary/aromatic N) is 1. The number of hydrogen-bond donors (Lipinski definition) is 0. The lowest BCUT2D eigenvalue weighted by atomic mass is 10.1. The Morgan fingerprint density at radius 3 is 2.93 bits per heavy atom. The van der Waals surface area contributed by atoms with E-state index < -0.39 is 0 Å². The summed E-state index contributed by atoms with van der Waals surface area (Å²) in [5.41, 5.74) is 1.02. The Bertz CT molecular complexity index is 498. The first kappa shape index (κ1) is 8.77. The van der Waals surface area contributed by atoms with Crippen molar-refractivity contribution in [3.8, 4) is 11.8 Å². The van der Waals surface area contributed by atoms with E-state index in [1.807, 2.05) is 31.5 Å². The van der Waals surface area contributed by atoms with Gasteiger partial charge in [0.1, 0.15) is 0 Å². The summed E-state index contributed by atoms with van der Waals surface area (Å²) in [6.45, 7) is 2.05. The van der Waals surface area contributed by atoms with Gasteiger partial charge in [0.15, 0.2) is 0 Å². The Balaban J connectivity index is 2.65. The molecule has 0 aliphatic rings. The highest BCUT2D eigenvalue weighted by molar-refractivity contribution is 5.87. The van der Waals surface area contributed by atoms with Gasteiger partial charge in [-0.1, -0.05) is 43.0 Å². The second kappa shape index (κ2) is 3.93. The van der Waals surface area contributed by atoms with Crippen molar-refractivity contribution in [2.24, 2.45) is 0 Å². The molecule has 0 amide bonds. The van der Waals surface area contributed by atoms with Crippen molar-refractivity contribution in [2.75, 3.05) is 0 Å². The summed E-state index contributed by atoms with van der Waals surface area (Å²) in [7, 11) is 0. The van der Waals surface area contributed by atoms with Crippen molar-refractivity contribution < 1.29 is 0 Å². The first-order valence-corrected chi connectivity index (χ1v) is 4.73. The lowest BCUT2D eigenvalue weighted by Crippen LogP contribution is -1.81. The zero-order chi connectivity index (χ0) is 9.80. The molecule has 2 aromatic rings. The number of pyridine rings is 1. The van der Waals surface area contributed by atoms with Crippen molar-refractivity contribution in [2.45, 2.75) is 13.3 Å². The molecule has 0 radical (unpaired) electrons. The van der Waals surface area contributed by atoms with Gasteiger partial charge >= 0.3 is 0 Å². The number of fused-ring (bicyclic) bond motifs is 1. The Morgan fingerprint density at radius 2 is 2.07 bits per heavy atom. The topological polar surface area (TPSA) is 12.9 Å². The molecule has 0 saturated heterocycles. The van der Waals surface area contributed by atoms with E-state index in [1.165, 1.54) is 5.39 Å². The number of aromatic nitrogens is 1. The predicted octanol–water partition coefficient (Wildman–Crippen LogP) is 3.00. The van der Waals surface area contributed by atoms with E-state index in [4.69, 9.17) is 0 Å². The van der Waals surface area contributed by atoms with Crippen LogP contribution in [0.5, 0.6) is 0 Å². The molecule has 0 bridgehead atoms. The second-order valence-corrected chi connectivity index (χ2v) is 3.06. The fourth-order valence-corrected chi connectivity index (χ4v) is 1.40. The van der Waals surface area contributed by atoms with Gasteiger partial charge in [-0.3, -0.25) is 4.98 Å². The van der Waals surface area contributed by atoms with Crippen LogP contribution in [0.25, 0.3) is 10.8 Å². The third-order valence-corrected chi connectivity index (χ3v) is 2.07. The molecule has 0 aliphatic carbocycles. The lowest BCUT2D eigenvalue weighted by Gasteiger charge is -1.98. The summed E-state index contributed by atoms with van der Waals surface area (Å²) >= 11 is 0. The molecule has 0 spiro atoms. The molecule has 0 atom stereocenters. The Labute approximate surface area is 83.8 Å². The molecule has 0 N–H and O–H groups in total. The third kappa shape index (κ3) is 1.60. The summed E-state index contributed by atoms with van der Waals surface area (Å²) < 4.78 is 0. The minimum absolute atomic E-state index is 0.878. The van der Waals surface area contributed by atoms with Gasteiger partial charge < -0.3 is 0 Å². The molecule has 1 aromatic carbocycles. The van der Waals surface area contributed by atoms with Crippen LogP contribution in [0.3, 0.4) is 0 Å². The van der Waals surface area contributed by atoms with Crippen LogP contribution in [0.1, 0.15) is 18.9 Å². The maximum absolute atomic E-state index is 4.16. The van der Waals surface area contributed by atoms with Crippen LogP contribution in [0.15, 0.2) is 36.7 Å². The number of rotatable bonds is 0. The average Bonchev–Trinajstić information content (AvgIpc) is 2.26. The highest BCUT2D eigenvalue weighted by atomic mass is 14.6. The Morgan fingerprint density at radius 1 is 1.21 bits per heavy atom. The van der Waals surface area contributed by atoms with Crippen molar-refractivity contribution in [3.63, 3.8) is 0 Å². The van der Waals surface area contributed by atoms with E-state index in [0.717, 1.165) is 17.4 Å². The quantitative estimate of drug-likeness (QED) is 0.569. The minimum Gasteiger partial charge on any atom is -0.263 e. The van der Waals surface area contributed by atoms with E-state index in [1.54, 1.807) is 0 Å². The molecule has 0 unspecified atom stereocenters. The van der Waals surface area contributed by atoms with Crippen molar-refractivity contribution in [3.05, 3.63) is 42.2 Å². The van der Waals surface area contributed by atoms with E-state index in [9.17, 15) is 0 Å². The molecular formula is C13H11N. The standard InChI is InChI=1S/C13H11N/c1-2-3-6-11-9-14-10-12-7-4-5-8-13(11)12/h4-5,7-10H,2H2,1H3. The SMILES string of the molecule is CCC#Cc1cncc2ccccc12. The van der Waals surface area contributed by atoms with Gasteiger partial charge in [0.25, 0.3) is 0 Å². The van der Waals surface area contributed by atoms with E-state index in [-0.39, 0.29) is 0 Å². The lowest BCUT2D eigenvalue weighted by molar-refractivity contribution is 1.28. The van der Waals surface area contributed by atoms with Gasteiger partial charge in [0.05, 0.1) is 5.56 Å². The van der Waals surface area contributed by atoms with Gasteiger partial charge in [-0.25, -0.2) is 0 Å². The predicted molar refractivity (Wildman–Crippen MR) is 58.9 cm³/mol. The molecule has 14 heavy (non-hydrogen) atoms. The first-order valence-electron chi connectivity index (χ1n) is 4.73. The van der Waals surface area contributed by atoms with Gasteiger partial charge in [-0.05, 0) is 0 Å². The Kier molecular flexibility index (Phi) is 2.46. The normalized spacial score (nSPS) is 9.50. The van der Waals surface area contributed by atoms with Gasteiger partial charge in [-0.2, -0.15) is 0 Å². The molecule has 1 aromatic heterocycles. The van der Waals surface area contributed by atoms with Gasteiger partial charge in [-0.15, -0.1) is 0 Å². The molecule has 68 valence electrons. The fourth-order valence-electron chi connectivity index (χ4n) is 1.40. The zero-order valence-electron chi connectivity index (χ0n) is 8.12. The van der Waals surface area contributed by atoms with E-state index >= 15 is 0 Å². The van der Waals surface area contributed by atoms with Crippen LogP contribution >= 0.6 is 0 Å². The van der Waals surface area contributed by atoms with E-state index in [2.05, 4.69) is 29.0 Å². The maximum atomic E-state index is 4.16. The molecular weight excluding hydrogens is 170 g/mol. The van der Waals surface area contributed by atoms with Crippen LogP contribution < -0.4 is 0 Å². The van der Waals surface area contributed by atoms with Gasteiger partial charge in [0.2, 0.25) is 0 Å². The molecule has 0 fully saturated rings. The maximum Gasteiger partial charge on any atom is 0.0507 e. The van der Waals surface area contributed by atoms with Crippen molar-refractivity contribution in [1.29, 1.82) is 0 Å². The summed E-state index contributed by atoms with van der Waals surface area (Å²) in [6.07, 6.45) is 4.57. The number of benzene rings is 1. The van der Waals surface area contributed by atoms with Crippen LogP contribution in [0.2, 0.25) is 0 Å². The third-order valence-electron chi connectivity index (χ3n) is 2.07. The fraction of sp³-hybridized carbons (Fsp3) is 0.154. The van der Waals surface area contributed by atoms with Crippen LogP contribution in [0.4, 0.5) is 0 Å². The summed E-state index contributed by atoms with van der Waals surface area (Å²) in [5, 5.41) is 2.33. The largest absolute Gasteiger partial charge is 0.263 e. The van der Waals surface area contributed by atoms with Crippen molar-refractivity contribution in [1.82, 2.24) is 4.98 Å². The van der Waals surface area contributed by atoms with Crippen LogP contribution in [0, 0.1) is 11.8 Å². The Hall–Kier alpha value is -1.81. The highest BCUT2D eigenvalue weighted by Gasteiger charge is 1.96. The smallest absolute Gasteiger partial charge is 0.0507 e. The average molecular weight is 181 g/mol. The molecule has 1 heterocycles. The van der Waals surface area contributed by atoms with E-state index in [0.29, 0.717) is 0 Å². The molecule has 2 rings (SSSR count). The summed E-state index contributed by atoms with van der Waals surface area (Å²) in [4.78, 5) is 4.16. The zero-order valence-corrected chi connectivity index (χ0v) is 8.12. The first-order chi connectivity index (χ1) is 6.92. The molecule has 1 nitrogen and oxygen atoms in total. The number of hydrogen-bond acceptors (Lipinski definition) is 1. The van der Waals surface area contributed by atoms with Gasteiger partial charge in [0, 0.05) is 29.6 Å². The monoisotopic (exact) mass is 181 g/mol. The highest BCUT2D eigenvalue weighted by Crippen LogP contribution is 2.15. The molecule has 1 heteroatoms. The van der Waals surface area contributed by atoms with Crippen LogP contribution in [-0.4, -0.2) is 4.98 Å². The summed E-state index contributed by atoms with van der Waals surface area (Å²) in [5.74, 6) is 6.19. The summed E-state index contributed by atoms with van der Waals surface area (Å²) in [6, 6.07) is 8.18. The molecule has 0 saturated carbocycles.